The van der Waals surface area contributed by atoms with Crippen LogP contribution in [0.25, 0.3) is 16.8 Å². The van der Waals surface area contributed by atoms with Crippen molar-refractivity contribution in [3.05, 3.63) is 41.0 Å². The van der Waals surface area contributed by atoms with Gasteiger partial charge in [-0.1, -0.05) is 40.7 Å². The van der Waals surface area contributed by atoms with E-state index in [-0.39, 0.29) is 6.61 Å². The summed E-state index contributed by atoms with van der Waals surface area (Å²) in [6, 6.07) is 4.15. The molecule has 1 aliphatic rings. The monoisotopic (exact) mass is 437 g/mol. The van der Waals surface area contributed by atoms with Crippen LogP contribution in [0.3, 0.4) is 0 Å². The van der Waals surface area contributed by atoms with Crippen LogP contribution in [0.15, 0.2) is 18.2 Å². The molecule has 1 N–H and O–H groups in total. The molecule has 2 aromatic rings. The minimum Gasteiger partial charge on any atom is -0.480 e. The minimum absolute atomic E-state index is 0.194. The van der Waals surface area contributed by atoms with Crippen LogP contribution in [0.2, 0.25) is 0 Å². The summed E-state index contributed by atoms with van der Waals surface area (Å²) in [7, 11) is 1.67. The highest BCUT2D eigenvalue weighted by Gasteiger charge is 2.26. The smallest absolute Gasteiger partial charge is 0.222 e. The zero-order valence-corrected chi connectivity index (χ0v) is 20.6. The molecule has 1 unspecified atom stereocenters. The van der Waals surface area contributed by atoms with Crippen molar-refractivity contribution >= 4 is 5.57 Å². The predicted molar refractivity (Wildman–Crippen MR) is 131 cm³/mol. The average molecular weight is 438 g/mol. The topological polar surface area (TPSA) is 68.1 Å². The Kier molecular flexibility index (Phi) is 8.41. The number of aromatic nitrogens is 3. The molecular weight excluding hydrogens is 398 g/mol. The lowest BCUT2D eigenvalue weighted by atomic mass is 9.88. The maximum absolute atomic E-state index is 9.67. The number of nitrogens with zero attached hydrogens (tertiary/aromatic N) is 3. The van der Waals surface area contributed by atoms with E-state index in [0.717, 1.165) is 72.6 Å². The van der Waals surface area contributed by atoms with Gasteiger partial charge in [-0.05, 0) is 74.0 Å². The number of methoxy groups -OCH3 is 1. The van der Waals surface area contributed by atoms with Gasteiger partial charge in [0.05, 0.1) is 35.4 Å². The molecule has 3 rings (SSSR count). The lowest BCUT2D eigenvalue weighted by molar-refractivity contribution is 0.270. The molecule has 0 saturated heterocycles. The van der Waals surface area contributed by atoms with Gasteiger partial charge < -0.3 is 9.84 Å². The molecule has 2 aromatic heterocycles. The van der Waals surface area contributed by atoms with E-state index in [2.05, 4.69) is 52.8 Å². The number of allylic oxidation sites excluding steroid dienone is 2. The lowest BCUT2D eigenvalue weighted by Crippen LogP contribution is -2.12. The zero-order valence-electron chi connectivity index (χ0n) is 20.6. The molecule has 1 aliphatic carbocycles. The average Bonchev–Trinajstić information content (AvgIpc) is 3.00. The standard InChI is InChI=1S/C27H39N3O2/c1-7-18-10-12-24-26(21(16-18)19(8-2)14-15-31)28-22(9-3)25(29-24)20-11-13-23(17(4)5)30-27(20)32-6/h11,13,16-19,31H,7-10,12,14-15H2,1-6H3/t18?,19-/m0/s1. The molecule has 0 aromatic carbocycles. The first-order valence-electron chi connectivity index (χ1n) is 12.2. The fraction of sp³-hybridized carbons (Fsp3) is 0.593. The molecule has 0 radical (unpaired) electrons. The Morgan fingerprint density at radius 3 is 2.47 bits per heavy atom. The molecule has 5 nitrogen and oxygen atoms in total. The number of pyridine rings is 1. The molecule has 0 spiro atoms. The molecule has 0 saturated carbocycles. The van der Waals surface area contributed by atoms with Crippen LogP contribution in [-0.2, 0) is 12.8 Å². The minimum atomic E-state index is 0.194. The van der Waals surface area contributed by atoms with Gasteiger partial charge in [-0.3, -0.25) is 0 Å². The SMILES string of the molecule is CCc1nc2c(nc1-c1ccc(C(C)C)nc1OC)CCC(CC)C=C2[C@@H](CC)CCO. The van der Waals surface area contributed by atoms with E-state index in [1.807, 2.05) is 0 Å². The molecule has 5 heteroatoms. The Morgan fingerprint density at radius 2 is 1.88 bits per heavy atom. The Labute approximate surface area is 193 Å². The fourth-order valence-corrected chi connectivity index (χ4v) is 4.61. The zero-order chi connectivity index (χ0) is 23.3. The number of fused-ring (bicyclic) bond motifs is 1. The van der Waals surface area contributed by atoms with E-state index < -0.39 is 0 Å². The van der Waals surface area contributed by atoms with Crippen molar-refractivity contribution < 1.29 is 9.84 Å². The van der Waals surface area contributed by atoms with Crippen molar-refractivity contribution in [2.75, 3.05) is 13.7 Å². The van der Waals surface area contributed by atoms with Gasteiger partial charge in [-0.25, -0.2) is 15.0 Å². The van der Waals surface area contributed by atoms with Gasteiger partial charge in [0.1, 0.15) is 0 Å². The second-order valence-corrected chi connectivity index (χ2v) is 9.06. The maximum atomic E-state index is 9.67. The number of aryl methyl sites for hydroxylation is 2. The van der Waals surface area contributed by atoms with E-state index in [1.165, 1.54) is 5.57 Å². The van der Waals surface area contributed by atoms with Crippen molar-refractivity contribution in [1.82, 2.24) is 15.0 Å². The van der Waals surface area contributed by atoms with E-state index in [9.17, 15) is 5.11 Å². The number of ether oxygens (including phenoxy) is 1. The fourth-order valence-electron chi connectivity index (χ4n) is 4.61. The van der Waals surface area contributed by atoms with Crippen molar-refractivity contribution in [2.45, 2.75) is 79.1 Å². The van der Waals surface area contributed by atoms with Crippen molar-refractivity contribution in [2.24, 2.45) is 11.8 Å². The van der Waals surface area contributed by atoms with Crippen LogP contribution >= 0.6 is 0 Å². The molecule has 0 aliphatic heterocycles. The first kappa shape index (κ1) is 24.4. The number of aliphatic hydroxyl groups is 1. The normalized spacial score (nSPS) is 17.0. The second-order valence-electron chi connectivity index (χ2n) is 9.06. The molecule has 0 bridgehead atoms. The van der Waals surface area contributed by atoms with Crippen molar-refractivity contribution in [3.63, 3.8) is 0 Å². The summed E-state index contributed by atoms with van der Waals surface area (Å²) in [5.74, 6) is 1.77. The third kappa shape index (κ3) is 5.03. The van der Waals surface area contributed by atoms with Gasteiger partial charge >= 0.3 is 0 Å². The Bertz CT molecular complexity index is 952. The maximum Gasteiger partial charge on any atom is 0.222 e. The summed E-state index contributed by atoms with van der Waals surface area (Å²) in [4.78, 5) is 15.2. The van der Waals surface area contributed by atoms with Crippen LogP contribution in [-0.4, -0.2) is 33.8 Å². The van der Waals surface area contributed by atoms with Crippen LogP contribution in [0.5, 0.6) is 5.88 Å². The van der Waals surface area contributed by atoms with Gasteiger partial charge in [0, 0.05) is 12.3 Å². The number of aliphatic hydroxyl groups excluding tert-OH is 1. The van der Waals surface area contributed by atoms with Gasteiger partial charge in [0.25, 0.3) is 0 Å². The van der Waals surface area contributed by atoms with Crippen molar-refractivity contribution in [1.29, 1.82) is 0 Å². The molecule has 32 heavy (non-hydrogen) atoms. The highest BCUT2D eigenvalue weighted by atomic mass is 16.5. The Balaban J connectivity index is 2.18. The van der Waals surface area contributed by atoms with E-state index in [4.69, 9.17) is 19.7 Å². The second kappa shape index (κ2) is 11.0. The summed E-state index contributed by atoms with van der Waals surface area (Å²) < 4.78 is 5.68. The number of hydrogen-bond acceptors (Lipinski definition) is 5. The molecule has 2 atom stereocenters. The lowest BCUT2D eigenvalue weighted by Gasteiger charge is -2.21. The van der Waals surface area contributed by atoms with Gasteiger partial charge in [0.2, 0.25) is 5.88 Å². The molecule has 2 heterocycles. The summed E-state index contributed by atoms with van der Waals surface area (Å²) in [5.41, 5.74) is 7.15. The van der Waals surface area contributed by atoms with Crippen LogP contribution < -0.4 is 4.74 Å². The third-order valence-corrected chi connectivity index (χ3v) is 6.67. The third-order valence-electron chi connectivity index (χ3n) is 6.67. The molecule has 0 amide bonds. The first-order chi connectivity index (χ1) is 15.5. The summed E-state index contributed by atoms with van der Waals surface area (Å²) >= 11 is 0. The molecular formula is C27H39N3O2. The highest BCUT2D eigenvalue weighted by Crippen LogP contribution is 2.38. The predicted octanol–water partition coefficient (Wildman–Crippen LogP) is 6.00. The first-order valence-corrected chi connectivity index (χ1v) is 12.2. The van der Waals surface area contributed by atoms with Crippen LogP contribution in [0.4, 0.5) is 0 Å². The summed E-state index contributed by atoms with van der Waals surface area (Å²) in [6.07, 6.45) is 8.04. The van der Waals surface area contributed by atoms with Gasteiger partial charge in [0.15, 0.2) is 0 Å². The van der Waals surface area contributed by atoms with E-state index in [1.54, 1.807) is 7.11 Å². The number of hydrogen-bond donors (Lipinski definition) is 1. The van der Waals surface area contributed by atoms with Crippen molar-refractivity contribution in [3.8, 4) is 17.1 Å². The van der Waals surface area contributed by atoms with Gasteiger partial charge in [-0.15, -0.1) is 0 Å². The number of rotatable bonds is 9. The van der Waals surface area contributed by atoms with Crippen LogP contribution in [0.1, 0.15) is 89.0 Å². The molecule has 0 fully saturated rings. The largest absolute Gasteiger partial charge is 0.480 e. The Morgan fingerprint density at radius 1 is 1.09 bits per heavy atom. The van der Waals surface area contributed by atoms with Gasteiger partial charge in [-0.2, -0.15) is 0 Å². The quantitative estimate of drug-likeness (QED) is 0.521. The van der Waals surface area contributed by atoms with E-state index >= 15 is 0 Å². The van der Waals surface area contributed by atoms with E-state index in [0.29, 0.717) is 23.6 Å². The molecule has 174 valence electrons. The van der Waals surface area contributed by atoms with Crippen LogP contribution in [0, 0.1) is 11.8 Å². The summed E-state index contributed by atoms with van der Waals surface area (Å²) in [5, 5.41) is 9.67. The summed E-state index contributed by atoms with van der Waals surface area (Å²) in [6.45, 7) is 11.0. The highest BCUT2D eigenvalue weighted by molar-refractivity contribution is 5.72. The Hall–Kier alpha value is -2.27.